The molecule has 14 aliphatic rings. The van der Waals surface area contributed by atoms with Gasteiger partial charge >= 0.3 is 17.9 Å². The predicted octanol–water partition coefficient (Wildman–Crippen LogP) is -5.16. The van der Waals surface area contributed by atoms with Gasteiger partial charge in [0.05, 0.1) is 80.9 Å². The van der Waals surface area contributed by atoms with Crippen molar-refractivity contribution in [3.63, 3.8) is 0 Å². The molecule has 5 aliphatic carbocycles. The molecule has 9 aliphatic heterocycles. The van der Waals surface area contributed by atoms with E-state index in [1.165, 1.54) is 53.7 Å². The molecule has 48 nitrogen and oxygen atoms in total. The molecule has 0 radical (unpaired) electrons. The maximum Gasteiger partial charge on any atom is 0.333 e. The number of aliphatic hydroxyl groups excluding tert-OH is 25. The van der Waals surface area contributed by atoms with Crippen molar-refractivity contribution in [2.45, 2.75) is 475 Å². The number of allylic oxidation sites excluding steroid dienone is 4. The van der Waals surface area contributed by atoms with Crippen molar-refractivity contribution in [3.05, 3.63) is 60.3 Å². The monoisotopic (exact) mass is 2160 g/mol. The number of rotatable bonds is 33. The van der Waals surface area contributed by atoms with Crippen LogP contribution in [0.3, 0.4) is 0 Å². The van der Waals surface area contributed by atoms with Crippen LogP contribution in [0, 0.1) is 50.2 Å². The number of hydrogen-bond acceptors (Lipinski definition) is 48. The lowest BCUT2D eigenvalue weighted by Gasteiger charge is -2.72. The van der Waals surface area contributed by atoms with E-state index in [4.69, 9.17) is 94.7 Å². The van der Waals surface area contributed by atoms with E-state index in [0.29, 0.717) is 25.7 Å². The third-order valence-electron chi connectivity index (χ3n) is 35.6. The van der Waals surface area contributed by atoms with Gasteiger partial charge in [-0.05, 0) is 165 Å². The van der Waals surface area contributed by atoms with E-state index in [1.54, 1.807) is 26.0 Å². The zero-order chi connectivity index (χ0) is 110. The number of carbonyl (C=O) groups excluding carboxylic acids is 3. The summed E-state index contributed by atoms with van der Waals surface area (Å²) in [5.41, 5.74) is -8.20. The van der Waals surface area contributed by atoms with Crippen LogP contribution in [0.5, 0.6) is 0 Å². The van der Waals surface area contributed by atoms with E-state index in [2.05, 4.69) is 40.0 Å². The zero-order valence-electron chi connectivity index (χ0n) is 87.2. The van der Waals surface area contributed by atoms with Crippen LogP contribution in [0.25, 0.3) is 0 Å². The van der Waals surface area contributed by atoms with Crippen LogP contribution in [-0.4, -0.2) is 472 Å². The summed E-state index contributed by atoms with van der Waals surface area (Å²) in [6, 6.07) is 0. The highest BCUT2D eigenvalue weighted by atomic mass is 16.8. The van der Waals surface area contributed by atoms with Gasteiger partial charge in [-0.25, -0.2) is 9.59 Å². The van der Waals surface area contributed by atoms with Crippen LogP contribution in [0.15, 0.2) is 60.3 Å². The lowest BCUT2D eigenvalue weighted by atomic mass is 9.33. The Labute approximate surface area is 869 Å². The standard InChI is InChI=1S/C102H162O48/c1-18-97(13,149-89-75(125)66(116)58(108)42(5)135-89)29-21-23-41(4)84(129)143-78-45(8)137-90(76(126)71(78)121)150-98(14,19-2)28-20-22-40(3)83(128)141-57-34-102(94(130)148-93-82(69(119)64(114)51(36-104)139-93)147-88-77(127)79(60(110)44(7)134-88)144-85-72(122)61(111)48(105)37-131-85)47(32-95(57,9)10)46-24-25-54-99(15)30-27-56(96(11,12)53(99)26-31-100(54,16)101(46,17)33-55(102)107)142-92-81(146-87-74(124)67(117)63(113)50(35-103)138-87)70(120)65(115)52(140-92)39-133-91-80(68(118)59(109)43(6)136-91)145-86-73(123)62(112)49(106)38-132-86/h18-19,22-24,42-45,47-82,85-93,103-127H,1-2,20-21,25-39H2,3-17H3/b40-22+,41-23+/t42-,43-,44-,45-,47?,48-,49+,50-,51+,52-,53?,54?,55-,56+,57+,58-,59+,60+,61+,62+,63-,64+,65-,66+,67+,68+,69-,70+,71-,72-,73-,74-,75-,76-,77+,78-,79-,80-,81-,82+,85+,86+,87+,88-,89+,90+,91-,92+,93-,97-,98-,99+,100-,101-,102-/m1/s1. The van der Waals surface area contributed by atoms with Crippen molar-refractivity contribution in [2.24, 2.45) is 50.2 Å². The summed E-state index contributed by atoms with van der Waals surface area (Å²) < 4.78 is 122. The molecule has 0 spiro atoms. The SMILES string of the molecule is C=C[C@](C)(CC/C=C(\C)C(=O)O[C@H]1[C@H](O)[C@@H](O)[C@H](O[C@](C)(C=C)CC/C=C(\C)C(=O)O[C@H]2C[C@@]3(C(=O)O[C@H]4O[C@@H](CO)[C@H](O)[C@@H](O)[C@@H]4O[C@H]4O[C@H](C)[C@H](O)[C@@H](O[C@@H]5OC[C@@H](O)[C@H](O)[C@H]5O)[C@@H]4O)C(CC2(C)C)C2=CCC4[C@@]5(C)CC[C@H](O[C@@H]6O[C@H](CO[C@@H]7O[C@H](C)[C@H](O)[C@H](O)[C@H]7O[C@@H]7OC[C@H](O)[C@H](O)[C@H]7O)[C@@H](O)[C@H](O)[C@H]6O[C@@H]6O[C@H](CO)[C@@H](O)[C@H](O)[C@H]6O)C(C)(C)C5CC[C@@]4(C)[C@]2(C)C[C@H]3O)O[C@@H]1C)O[C@@H]1O[C@H](C)[C@@H](O)[C@H](O)[C@H]1O. The third kappa shape index (κ3) is 23.3. The van der Waals surface area contributed by atoms with Gasteiger partial charge in [-0.3, -0.25) is 4.79 Å². The molecular formula is C102H162O48. The van der Waals surface area contributed by atoms with Gasteiger partial charge in [0.2, 0.25) is 6.29 Å². The normalized spacial score (nSPS) is 49.7. The number of fused-ring (bicyclic) bond motifs is 7. The minimum Gasteiger partial charge on any atom is -0.458 e. The molecule has 0 aromatic rings. The molecule has 0 amide bonds. The lowest BCUT2D eigenvalue weighted by molar-refractivity contribution is -0.385. The molecule has 48 heteroatoms. The van der Waals surface area contributed by atoms with Crippen LogP contribution >= 0.6 is 0 Å². The second-order valence-electron chi connectivity index (χ2n) is 46.2. The lowest BCUT2D eigenvalue weighted by Crippen LogP contribution is -2.70. The molecular weight excluding hydrogens is 1990 g/mol. The molecule has 858 valence electrons. The Morgan fingerprint density at radius 2 is 0.847 bits per heavy atom. The van der Waals surface area contributed by atoms with Gasteiger partial charge in [0.1, 0.15) is 182 Å². The first-order valence-corrected chi connectivity index (χ1v) is 52.1. The van der Waals surface area contributed by atoms with E-state index < -0.39 is 389 Å². The Morgan fingerprint density at radius 1 is 0.413 bits per heavy atom. The van der Waals surface area contributed by atoms with Crippen LogP contribution in [0.1, 0.15) is 181 Å². The number of aliphatic hydroxyl groups is 25. The second kappa shape index (κ2) is 47.4. The van der Waals surface area contributed by atoms with E-state index in [0.717, 1.165) is 5.57 Å². The van der Waals surface area contributed by atoms with Crippen LogP contribution in [0.4, 0.5) is 0 Å². The molecule has 9 saturated heterocycles. The largest absolute Gasteiger partial charge is 0.458 e. The molecule has 0 aromatic carbocycles. The van der Waals surface area contributed by atoms with Gasteiger partial charge in [0.25, 0.3) is 0 Å². The highest BCUT2D eigenvalue weighted by Gasteiger charge is 2.75. The van der Waals surface area contributed by atoms with Crippen molar-refractivity contribution in [3.8, 4) is 0 Å². The molecule has 55 atom stereocenters. The summed E-state index contributed by atoms with van der Waals surface area (Å²) >= 11 is 0. The number of esters is 3. The molecule has 13 fully saturated rings. The van der Waals surface area contributed by atoms with E-state index in [-0.39, 0.29) is 67.9 Å². The summed E-state index contributed by atoms with van der Waals surface area (Å²) in [5, 5.41) is 280. The third-order valence-corrected chi connectivity index (χ3v) is 35.6. The quantitative estimate of drug-likeness (QED) is 0.00960. The summed E-state index contributed by atoms with van der Waals surface area (Å²) in [6.07, 6.45) is -67.6. The maximum absolute atomic E-state index is 16.7. The van der Waals surface area contributed by atoms with Gasteiger partial charge in [-0.2, -0.15) is 0 Å². The van der Waals surface area contributed by atoms with Gasteiger partial charge < -0.3 is 222 Å². The topological polar surface area (TPSA) is 742 Å². The van der Waals surface area contributed by atoms with E-state index >= 15 is 9.59 Å². The van der Waals surface area contributed by atoms with Gasteiger partial charge in [-0.15, -0.1) is 13.2 Å². The second-order valence-corrected chi connectivity index (χ2v) is 46.2. The first-order chi connectivity index (χ1) is 70.2. The fourth-order valence-corrected chi connectivity index (χ4v) is 25.5. The molecule has 3 unspecified atom stereocenters. The van der Waals surface area contributed by atoms with E-state index in [9.17, 15) is 132 Å². The minimum absolute atomic E-state index is 0.00680. The smallest absolute Gasteiger partial charge is 0.333 e. The fourth-order valence-electron chi connectivity index (χ4n) is 25.5. The number of ether oxygens (including phenoxy) is 20. The predicted molar refractivity (Wildman–Crippen MR) is 506 cm³/mol. The van der Waals surface area contributed by atoms with Crippen LogP contribution in [-0.2, 0) is 109 Å². The number of carbonyl (C=O) groups is 3. The average molecular weight is 2160 g/mol. The Bertz CT molecular complexity index is 4640. The minimum atomic E-state index is -2.19. The summed E-state index contributed by atoms with van der Waals surface area (Å²) in [5.74, 6) is -4.43. The van der Waals surface area contributed by atoms with Gasteiger partial charge in [0.15, 0.2) is 62.5 Å². The van der Waals surface area contributed by atoms with Gasteiger partial charge in [0, 0.05) is 23.0 Å². The van der Waals surface area contributed by atoms with Crippen molar-refractivity contribution in [2.75, 3.05) is 33.0 Å². The highest BCUT2D eigenvalue weighted by molar-refractivity contribution is 5.88. The Hall–Kier alpha value is -4.57. The molecule has 0 bridgehead atoms. The fraction of sp³-hybridized carbons (Fsp3) is 0.873. The molecule has 25 N–H and O–H groups in total. The van der Waals surface area contributed by atoms with Crippen molar-refractivity contribution < 1.29 is 237 Å². The van der Waals surface area contributed by atoms with Crippen molar-refractivity contribution in [1.29, 1.82) is 0 Å². The summed E-state index contributed by atoms with van der Waals surface area (Å²) in [7, 11) is 0. The van der Waals surface area contributed by atoms with Gasteiger partial charge in [-0.1, -0.05) is 84.4 Å². The van der Waals surface area contributed by atoms with Crippen molar-refractivity contribution >= 4 is 17.9 Å². The Morgan fingerprint density at radius 3 is 1.41 bits per heavy atom. The van der Waals surface area contributed by atoms with Crippen LogP contribution < -0.4 is 0 Å². The molecule has 14 rings (SSSR count). The van der Waals surface area contributed by atoms with E-state index in [1.807, 2.05) is 27.7 Å². The summed E-state index contributed by atoms with van der Waals surface area (Å²) in [4.78, 5) is 45.4. The molecule has 0 aromatic heterocycles. The Kier molecular flexibility index (Phi) is 38.2. The first-order valence-electron chi connectivity index (χ1n) is 52.1. The zero-order valence-corrected chi connectivity index (χ0v) is 87.2. The molecule has 150 heavy (non-hydrogen) atoms. The molecule has 4 saturated carbocycles. The highest BCUT2D eigenvalue weighted by Crippen LogP contribution is 2.77. The van der Waals surface area contributed by atoms with Crippen molar-refractivity contribution in [1.82, 2.24) is 0 Å². The Balaban J connectivity index is 0.714. The summed E-state index contributed by atoms with van der Waals surface area (Å²) in [6.45, 7) is 30.3. The number of hydrogen-bond donors (Lipinski definition) is 25. The first kappa shape index (κ1) is 121. The molecule has 9 heterocycles. The van der Waals surface area contributed by atoms with Crippen LogP contribution in [0.2, 0.25) is 0 Å². The maximum atomic E-state index is 16.7. The average Bonchev–Trinajstić information content (AvgIpc) is 0.666.